The van der Waals surface area contributed by atoms with Crippen molar-refractivity contribution in [2.45, 2.75) is 6.92 Å². The standard InChI is InChI=1S/C20H20N4O4/c1-3-28-17-10-9-14(11-18(17)27-2)19(25)22-23-20(26)15-12-21-24(13-15)16-7-5-4-6-8-16/h4-13H,3H2,1-2H3,(H,22,25)(H,23,26). The fraction of sp³-hybridized carbons (Fsp3) is 0.150. The lowest BCUT2D eigenvalue weighted by Gasteiger charge is -2.11. The Bertz CT molecular complexity index is 969. The molecule has 1 heterocycles. The van der Waals surface area contributed by atoms with Gasteiger partial charge in [-0.25, -0.2) is 4.68 Å². The molecule has 0 atom stereocenters. The van der Waals surface area contributed by atoms with Crippen molar-refractivity contribution in [3.63, 3.8) is 0 Å². The summed E-state index contributed by atoms with van der Waals surface area (Å²) in [6.45, 7) is 2.34. The van der Waals surface area contributed by atoms with E-state index in [-0.39, 0.29) is 0 Å². The van der Waals surface area contributed by atoms with E-state index >= 15 is 0 Å². The highest BCUT2D eigenvalue weighted by atomic mass is 16.5. The van der Waals surface area contributed by atoms with Gasteiger partial charge in [0.05, 0.1) is 31.2 Å². The van der Waals surface area contributed by atoms with Crippen molar-refractivity contribution in [2.24, 2.45) is 0 Å². The van der Waals surface area contributed by atoms with Gasteiger partial charge in [0.2, 0.25) is 0 Å². The fourth-order valence-corrected chi connectivity index (χ4v) is 2.50. The second kappa shape index (κ2) is 8.72. The maximum atomic E-state index is 12.3. The molecule has 0 aliphatic carbocycles. The Morgan fingerprint density at radius 2 is 1.71 bits per heavy atom. The third-order valence-corrected chi connectivity index (χ3v) is 3.88. The summed E-state index contributed by atoms with van der Waals surface area (Å²) < 4.78 is 12.2. The third kappa shape index (κ3) is 4.29. The minimum atomic E-state index is -0.481. The zero-order valence-corrected chi connectivity index (χ0v) is 15.5. The van der Waals surface area contributed by atoms with Gasteiger partial charge in [0.25, 0.3) is 11.8 Å². The lowest BCUT2D eigenvalue weighted by molar-refractivity contribution is 0.0846. The summed E-state index contributed by atoms with van der Waals surface area (Å²) in [4.78, 5) is 24.6. The first-order valence-corrected chi connectivity index (χ1v) is 8.64. The number of carbonyl (C=O) groups excluding carboxylic acids is 2. The maximum Gasteiger partial charge on any atom is 0.272 e. The van der Waals surface area contributed by atoms with E-state index in [0.29, 0.717) is 29.2 Å². The molecule has 3 aromatic rings. The minimum absolute atomic E-state index is 0.313. The van der Waals surface area contributed by atoms with E-state index in [0.717, 1.165) is 5.69 Å². The van der Waals surface area contributed by atoms with Gasteiger partial charge in [0.1, 0.15) is 0 Å². The predicted molar refractivity (Wildman–Crippen MR) is 103 cm³/mol. The van der Waals surface area contributed by atoms with E-state index in [1.165, 1.54) is 13.3 Å². The average molecular weight is 380 g/mol. The van der Waals surface area contributed by atoms with Crippen molar-refractivity contribution >= 4 is 11.8 Å². The van der Waals surface area contributed by atoms with Crippen LogP contribution in [0.1, 0.15) is 27.6 Å². The topological polar surface area (TPSA) is 94.5 Å². The molecule has 0 radical (unpaired) electrons. The Balaban J connectivity index is 1.63. The number of hydrogen-bond acceptors (Lipinski definition) is 5. The number of methoxy groups -OCH3 is 1. The number of hydrogen-bond donors (Lipinski definition) is 2. The summed E-state index contributed by atoms with van der Waals surface area (Å²) in [5.74, 6) is 0.0162. The molecular formula is C20H20N4O4. The number of carbonyl (C=O) groups is 2. The van der Waals surface area contributed by atoms with Gasteiger partial charge >= 0.3 is 0 Å². The van der Waals surface area contributed by atoms with Crippen LogP contribution in [0.15, 0.2) is 60.9 Å². The van der Waals surface area contributed by atoms with Crippen LogP contribution in [0.25, 0.3) is 5.69 Å². The zero-order valence-electron chi connectivity index (χ0n) is 15.5. The number of para-hydroxylation sites is 1. The first kappa shape index (κ1) is 19.0. The number of amides is 2. The van der Waals surface area contributed by atoms with E-state index in [9.17, 15) is 9.59 Å². The first-order valence-electron chi connectivity index (χ1n) is 8.64. The maximum absolute atomic E-state index is 12.3. The lowest BCUT2D eigenvalue weighted by atomic mass is 10.2. The number of benzene rings is 2. The Labute approximate surface area is 162 Å². The molecule has 1 aromatic heterocycles. The molecule has 2 aromatic carbocycles. The Kier molecular flexibility index (Phi) is 5.91. The molecule has 0 saturated carbocycles. The van der Waals surface area contributed by atoms with Gasteiger partial charge in [-0.05, 0) is 37.3 Å². The van der Waals surface area contributed by atoms with Gasteiger partial charge in [0.15, 0.2) is 11.5 Å². The van der Waals surface area contributed by atoms with Crippen molar-refractivity contribution in [3.8, 4) is 17.2 Å². The van der Waals surface area contributed by atoms with E-state index in [4.69, 9.17) is 9.47 Å². The molecule has 2 N–H and O–H groups in total. The smallest absolute Gasteiger partial charge is 0.272 e. The minimum Gasteiger partial charge on any atom is -0.493 e. The quantitative estimate of drug-likeness (QED) is 0.640. The lowest BCUT2D eigenvalue weighted by Crippen LogP contribution is -2.41. The van der Waals surface area contributed by atoms with Crippen molar-refractivity contribution < 1.29 is 19.1 Å². The Hall–Kier alpha value is -3.81. The fourth-order valence-electron chi connectivity index (χ4n) is 2.50. The molecular weight excluding hydrogens is 360 g/mol. The number of hydrazine groups is 1. The number of nitrogens with one attached hydrogen (secondary N) is 2. The first-order chi connectivity index (χ1) is 13.6. The molecule has 0 saturated heterocycles. The van der Waals surface area contributed by atoms with Crippen LogP contribution < -0.4 is 20.3 Å². The van der Waals surface area contributed by atoms with Gasteiger partial charge in [-0.1, -0.05) is 18.2 Å². The monoisotopic (exact) mass is 380 g/mol. The summed E-state index contributed by atoms with van der Waals surface area (Å²) in [5.41, 5.74) is 6.21. The number of nitrogens with zero attached hydrogens (tertiary/aromatic N) is 2. The predicted octanol–water partition coefficient (Wildman–Crippen LogP) is 2.35. The summed E-state index contributed by atoms with van der Waals surface area (Å²) in [6, 6.07) is 14.2. The molecule has 144 valence electrons. The van der Waals surface area contributed by atoms with Gasteiger partial charge in [-0.2, -0.15) is 5.10 Å². The molecule has 0 spiro atoms. The van der Waals surface area contributed by atoms with Crippen LogP contribution in [0.3, 0.4) is 0 Å². The molecule has 3 rings (SSSR count). The van der Waals surface area contributed by atoms with Gasteiger partial charge < -0.3 is 9.47 Å². The molecule has 0 bridgehead atoms. The number of aromatic nitrogens is 2. The van der Waals surface area contributed by atoms with Gasteiger partial charge in [-0.3, -0.25) is 20.4 Å². The van der Waals surface area contributed by atoms with Gasteiger partial charge in [0, 0.05) is 11.8 Å². The summed E-state index contributed by atoms with van der Waals surface area (Å²) in [6.07, 6.45) is 3.01. The molecule has 8 nitrogen and oxygen atoms in total. The number of ether oxygens (including phenoxy) is 2. The van der Waals surface area contributed by atoms with Crippen LogP contribution in [-0.2, 0) is 0 Å². The summed E-state index contributed by atoms with van der Waals surface area (Å²) in [7, 11) is 1.49. The normalized spacial score (nSPS) is 10.2. The third-order valence-electron chi connectivity index (χ3n) is 3.88. The Morgan fingerprint density at radius 1 is 1.00 bits per heavy atom. The van der Waals surface area contributed by atoms with Crippen LogP contribution in [-0.4, -0.2) is 35.3 Å². The van der Waals surface area contributed by atoms with E-state index in [1.807, 2.05) is 37.3 Å². The SMILES string of the molecule is CCOc1ccc(C(=O)NNC(=O)c2cnn(-c3ccccc3)c2)cc1OC. The Morgan fingerprint density at radius 3 is 2.39 bits per heavy atom. The molecule has 2 amide bonds. The molecule has 0 aliphatic heterocycles. The highest BCUT2D eigenvalue weighted by Gasteiger charge is 2.14. The summed E-state index contributed by atoms with van der Waals surface area (Å²) >= 11 is 0. The molecule has 8 heteroatoms. The van der Waals surface area contributed by atoms with Crippen molar-refractivity contribution in [3.05, 3.63) is 72.1 Å². The van der Waals surface area contributed by atoms with Crippen LogP contribution in [0, 0.1) is 0 Å². The van der Waals surface area contributed by atoms with E-state index in [1.54, 1.807) is 29.1 Å². The van der Waals surface area contributed by atoms with Crippen LogP contribution in [0.5, 0.6) is 11.5 Å². The van der Waals surface area contributed by atoms with Crippen LogP contribution >= 0.6 is 0 Å². The molecule has 28 heavy (non-hydrogen) atoms. The summed E-state index contributed by atoms with van der Waals surface area (Å²) in [5, 5.41) is 4.16. The highest BCUT2D eigenvalue weighted by molar-refractivity contribution is 5.99. The van der Waals surface area contributed by atoms with Crippen molar-refractivity contribution in [2.75, 3.05) is 13.7 Å². The molecule has 0 fully saturated rings. The zero-order chi connectivity index (χ0) is 19.9. The van der Waals surface area contributed by atoms with E-state index in [2.05, 4.69) is 16.0 Å². The van der Waals surface area contributed by atoms with E-state index < -0.39 is 11.8 Å². The molecule has 0 aliphatic rings. The highest BCUT2D eigenvalue weighted by Crippen LogP contribution is 2.27. The molecule has 0 unspecified atom stereocenters. The average Bonchev–Trinajstić information content (AvgIpc) is 3.23. The second-order valence-corrected chi connectivity index (χ2v) is 5.72. The number of rotatable bonds is 6. The van der Waals surface area contributed by atoms with Crippen LogP contribution in [0.4, 0.5) is 0 Å². The van der Waals surface area contributed by atoms with Crippen LogP contribution in [0.2, 0.25) is 0 Å². The van der Waals surface area contributed by atoms with Crippen molar-refractivity contribution in [1.82, 2.24) is 20.6 Å². The van der Waals surface area contributed by atoms with Gasteiger partial charge in [-0.15, -0.1) is 0 Å². The largest absolute Gasteiger partial charge is 0.493 e. The van der Waals surface area contributed by atoms with Crippen molar-refractivity contribution in [1.29, 1.82) is 0 Å². The second-order valence-electron chi connectivity index (χ2n) is 5.72.